The zero-order valence-corrected chi connectivity index (χ0v) is 11.7. The lowest BCUT2D eigenvalue weighted by Gasteiger charge is -2.11. The second kappa shape index (κ2) is 5.63. The maximum absolute atomic E-state index is 13.6. The molecule has 0 bridgehead atoms. The van der Waals surface area contributed by atoms with Gasteiger partial charge in [-0.2, -0.15) is 0 Å². The molecule has 0 spiro atoms. The maximum Gasteiger partial charge on any atom is 0.258 e. The van der Waals surface area contributed by atoms with Crippen LogP contribution in [0.1, 0.15) is 15.9 Å². The molecule has 0 radical (unpaired) electrons. The van der Waals surface area contributed by atoms with Gasteiger partial charge >= 0.3 is 0 Å². The molecular weight excluding hydrogens is 285 g/mol. The standard InChI is InChI=1S/C14H11ClFNOS/c1-8-3-2-4-11(15)13(8)17-14(18)10-7-9(19)5-6-12(10)16/h2-7,19H,1H3,(H,17,18). The summed E-state index contributed by atoms with van der Waals surface area (Å²) in [4.78, 5) is 12.6. The number of hydrogen-bond donors (Lipinski definition) is 2. The number of nitrogens with one attached hydrogen (secondary N) is 1. The molecule has 98 valence electrons. The van der Waals surface area contributed by atoms with Gasteiger partial charge in [-0.15, -0.1) is 12.6 Å². The summed E-state index contributed by atoms with van der Waals surface area (Å²) in [6, 6.07) is 9.32. The van der Waals surface area contributed by atoms with Gasteiger partial charge in [0.25, 0.3) is 5.91 Å². The Balaban J connectivity index is 2.34. The molecule has 2 aromatic rings. The Morgan fingerprint density at radius 3 is 2.74 bits per heavy atom. The summed E-state index contributed by atoms with van der Waals surface area (Å²) in [5.41, 5.74) is 1.23. The summed E-state index contributed by atoms with van der Waals surface area (Å²) in [5, 5.41) is 3.03. The fourth-order valence-corrected chi connectivity index (χ4v) is 2.13. The Kier molecular flexibility index (Phi) is 4.12. The molecule has 5 heteroatoms. The number of carbonyl (C=O) groups excluding carboxylic acids is 1. The third kappa shape index (κ3) is 3.08. The first-order valence-electron chi connectivity index (χ1n) is 5.54. The largest absolute Gasteiger partial charge is 0.320 e. The molecule has 0 fully saturated rings. The first-order valence-corrected chi connectivity index (χ1v) is 6.36. The van der Waals surface area contributed by atoms with Gasteiger partial charge in [-0.1, -0.05) is 23.7 Å². The van der Waals surface area contributed by atoms with E-state index in [0.717, 1.165) is 5.56 Å². The topological polar surface area (TPSA) is 29.1 Å². The molecule has 19 heavy (non-hydrogen) atoms. The molecule has 0 heterocycles. The van der Waals surface area contributed by atoms with Crippen LogP contribution in [0, 0.1) is 12.7 Å². The number of carbonyl (C=O) groups is 1. The van der Waals surface area contributed by atoms with Gasteiger partial charge in [-0.3, -0.25) is 4.79 Å². The number of anilines is 1. The molecule has 1 N–H and O–H groups in total. The van der Waals surface area contributed by atoms with Crippen molar-refractivity contribution in [3.63, 3.8) is 0 Å². The molecule has 0 aliphatic rings. The van der Waals surface area contributed by atoms with Crippen LogP contribution >= 0.6 is 24.2 Å². The van der Waals surface area contributed by atoms with Crippen LogP contribution < -0.4 is 5.32 Å². The molecule has 2 rings (SSSR count). The second-order valence-electron chi connectivity index (χ2n) is 4.05. The molecule has 0 saturated carbocycles. The molecule has 2 aromatic carbocycles. The zero-order valence-electron chi connectivity index (χ0n) is 10.1. The number of aryl methyl sites for hydroxylation is 1. The molecule has 1 amide bonds. The number of rotatable bonds is 2. The molecule has 0 aromatic heterocycles. The first-order chi connectivity index (χ1) is 8.99. The average molecular weight is 296 g/mol. The Bertz CT molecular complexity index is 625. The number of halogens is 2. The predicted octanol–water partition coefficient (Wildman–Crippen LogP) is 4.33. The molecule has 0 atom stereocenters. The number of benzene rings is 2. The highest BCUT2D eigenvalue weighted by atomic mass is 35.5. The van der Waals surface area contributed by atoms with Gasteiger partial charge in [-0.05, 0) is 36.8 Å². The van der Waals surface area contributed by atoms with Crippen molar-refractivity contribution in [3.8, 4) is 0 Å². The minimum absolute atomic E-state index is 0.0631. The first kappa shape index (κ1) is 13.9. The van der Waals surface area contributed by atoms with Gasteiger partial charge in [-0.25, -0.2) is 4.39 Å². The smallest absolute Gasteiger partial charge is 0.258 e. The lowest BCUT2D eigenvalue weighted by molar-refractivity contribution is 0.102. The molecule has 0 unspecified atom stereocenters. The van der Waals surface area contributed by atoms with Crippen molar-refractivity contribution in [1.29, 1.82) is 0 Å². The van der Waals surface area contributed by atoms with Crippen molar-refractivity contribution in [2.24, 2.45) is 0 Å². The van der Waals surface area contributed by atoms with E-state index in [4.69, 9.17) is 11.6 Å². The van der Waals surface area contributed by atoms with Crippen LogP contribution in [0.5, 0.6) is 0 Å². The Hall–Kier alpha value is -1.52. The summed E-state index contributed by atoms with van der Waals surface area (Å²) < 4.78 is 13.6. The zero-order chi connectivity index (χ0) is 14.0. The van der Waals surface area contributed by atoms with E-state index in [0.29, 0.717) is 15.6 Å². The van der Waals surface area contributed by atoms with Crippen LogP contribution in [0.15, 0.2) is 41.3 Å². The van der Waals surface area contributed by atoms with Gasteiger partial charge in [0.1, 0.15) is 5.82 Å². The highest BCUT2D eigenvalue weighted by molar-refractivity contribution is 7.80. The van der Waals surface area contributed by atoms with E-state index in [1.165, 1.54) is 18.2 Å². The van der Waals surface area contributed by atoms with Crippen LogP contribution in [0.2, 0.25) is 5.02 Å². The molecule has 0 aliphatic carbocycles. The van der Waals surface area contributed by atoms with E-state index < -0.39 is 11.7 Å². The van der Waals surface area contributed by atoms with E-state index in [-0.39, 0.29) is 5.56 Å². The highest BCUT2D eigenvalue weighted by Crippen LogP contribution is 2.26. The van der Waals surface area contributed by atoms with Crippen molar-refractivity contribution < 1.29 is 9.18 Å². The van der Waals surface area contributed by atoms with Crippen molar-refractivity contribution in [3.05, 3.63) is 58.4 Å². The Morgan fingerprint density at radius 2 is 2.05 bits per heavy atom. The molecule has 0 saturated heterocycles. The van der Waals surface area contributed by atoms with Crippen molar-refractivity contribution >= 4 is 35.8 Å². The fraction of sp³-hybridized carbons (Fsp3) is 0.0714. The predicted molar refractivity (Wildman–Crippen MR) is 77.8 cm³/mol. The van der Waals surface area contributed by atoms with E-state index in [1.54, 1.807) is 12.1 Å². The number of amides is 1. The number of hydrogen-bond acceptors (Lipinski definition) is 2. The molecule has 0 aliphatic heterocycles. The van der Waals surface area contributed by atoms with Crippen molar-refractivity contribution in [1.82, 2.24) is 0 Å². The lowest BCUT2D eigenvalue weighted by Crippen LogP contribution is -2.15. The summed E-state index contributed by atoms with van der Waals surface area (Å²) >= 11 is 10.1. The summed E-state index contributed by atoms with van der Waals surface area (Å²) in [5.74, 6) is -1.15. The quantitative estimate of drug-likeness (QED) is 0.793. The lowest BCUT2D eigenvalue weighted by atomic mass is 10.1. The molecular formula is C14H11ClFNOS. The van der Waals surface area contributed by atoms with Crippen LogP contribution in [-0.2, 0) is 0 Å². The maximum atomic E-state index is 13.6. The number of thiol groups is 1. The van der Waals surface area contributed by atoms with Gasteiger partial charge in [0.05, 0.1) is 16.3 Å². The number of para-hydroxylation sites is 1. The van der Waals surface area contributed by atoms with Gasteiger partial charge in [0, 0.05) is 4.90 Å². The van der Waals surface area contributed by atoms with Crippen molar-refractivity contribution in [2.45, 2.75) is 11.8 Å². The van der Waals surface area contributed by atoms with Gasteiger partial charge in [0.2, 0.25) is 0 Å². The van der Waals surface area contributed by atoms with Crippen LogP contribution in [-0.4, -0.2) is 5.91 Å². The Labute approximate surface area is 121 Å². The van der Waals surface area contributed by atoms with Gasteiger partial charge < -0.3 is 5.32 Å². The third-order valence-electron chi connectivity index (χ3n) is 2.66. The van der Waals surface area contributed by atoms with Crippen LogP contribution in [0.3, 0.4) is 0 Å². The SMILES string of the molecule is Cc1cccc(Cl)c1NC(=O)c1cc(S)ccc1F. The van der Waals surface area contributed by atoms with Crippen LogP contribution in [0.4, 0.5) is 10.1 Å². The van der Waals surface area contributed by atoms with Crippen molar-refractivity contribution in [2.75, 3.05) is 5.32 Å². The molecule has 2 nitrogen and oxygen atoms in total. The monoisotopic (exact) mass is 295 g/mol. The van der Waals surface area contributed by atoms with Gasteiger partial charge in [0.15, 0.2) is 0 Å². The van der Waals surface area contributed by atoms with E-state index >= 15 is 0 Å². The highest BCUT2D eigenvalue weighted by Gasteiger charge is 2.14. The summed E-state index contributed by atoms with van der Waals surface area (Å²) in [7, 11) is 0. The average Bonchev–Trinajstić information content (AvgIpc) is 2.37. The van der Waals surface area contributed by atoms with Crippen LogP contribution in [0.25, 0.3) is 0 Å². The normalized spacial score (nSPS) is 10.3. The third-order valence-corrected chi connectivity index (χ3v) is 3.25. The minimum Gasteiger partial charge on any atom is -0.320 e. The second-order valence-corrected chi connectivity index (χ2v) is 4.97. The Morgan fingerprint density at radius 1 is 1.32 bits per heavy atom. The minimum atomic E-state index is -0.597. The van der Waals surface area contributed by atoms with E-state index in [9.17, 15) is 9.18 Å². The van der Waals surface area contributed by atoms with E-state index in [1.807, 2.05) is 13.0 Å². The fourth-order valence-electron chi connectivity index (χ4n) is 1.66. The summed E-state index contributed by atoms with van der Waals surface area (Å²) in [6.07, 6.45) is 0. The summed E-state index contributed by atoms with van der Waals surface area (Å²) in [6.45, 7) is 1.81. The van der Waals surface area contributed by atoms with E-state index in [2.05, 4.69) is 17.9 Å².